The van der Waals surface area contributed by atoms with Crippen LogP contribution in [0.5, 0.6) is 0 Å². The lowest BCUT2D eigenvalue weighted by Crippen LogP contribution is -2.69. The van der Waals surface area contributed by atoms with Gasteiger partial charge in [0.25, 0.3) is 5.69 Å². The molecule has 47 heavy (non-hydrogen) atoms. The summed E-state index contributed by atoms with van der Waals surface area (Å²) in [5.41, 5.74) is 0.508. The molecule has 1 aliphatic heterocycles. The number of benzene rings is 2. The number of nitrogens with zero attached hydrogens (tertiary/aromatic N) is 2. The van der Waals surface area contributed by atoms with Gasteiger partial charge in [0, 0.05) is 42.5 Å². The van der Waals surface area contributed by atoms with E-state index in [1.165, 1.54) is 30.7 Å². The van der Waals surface area contributed by atoms with Crippen LogP contribution in [0.2, 0.25) is 0 Å². The van der Waals surface area contributed by atoms with E-state index in [4.69, 9.17) is 4.74 Å². The van der Waals surface area contributed by atoms with Gasteiger partial charge in [-0.2, -0.15) is 0 Å². The van der Waals surface area contributed by atoms with Gasteiger partial charge >= 0.3 is 11.9 Å². The van der Waals surface area contributed by atoms with E-state index in [1.807, 2.05) is 45.2 Å². The molecular formula is C37H45N3O7. The van der Waals surface area contributed by atoms with Gasteiger partial charge < -0.3 is 20.3 Å². The lowest BCUT2D eigenvalue weighted by atomic mass is 9.49. The van der Waals surface area contributed by atoms with E-state index >= 15 is 0 Å². The Morgan fingerprint density at radius 3 is 2.34 bits per heavy atom. The first-order valence-electron chi connectivity index (χ1n) is 15.8. The number of carbonyl (C=O) groups is 2. The lowest BCUT2D eigenvalue weighted by molar-refractivity contribution is -0.385. The monoisotopic (exact) mass is 643 g/mol. The topological polar surface area (TPSA) is 152 Å². The quantitative estimate of drug-likeness (QED) is 0.136. The van der Waals surface area contributed by atoms with Crippen LogP contribution in [-0.4, -0.2) is 57.4 Å². The molecule has 5 unspecified atom stereocenters. The van der Waals surface area contributed by atoms with Gasteiger partial charge in [0.2, 0.25) is 0 Å². The molecule has 3 N–H and O–H groups in total. The molecule has 2 heterocycles. The number of nitro groups is 1. The van der Waals surface area contributed by atoms with Gasteiger partial charge in [0.05, 0.1) is 29.0 Å². The molecule has 0 aliphatic carbocycles. The third-order valence-corrected chi connectivity index (χ3v) is 9.68. The van der Waals surface area contributed by atoms with Crippen LogP contribution in [0.1, 0.15) is 76.1 Å². The molecular weight excluding hydrogens is 598 g/mol. The highest BCUT2D eigenvalue weighted by molar-refractivity contribution is 5.84. The molecule has 0 saturated carbocycles. The summed E-state index contributed by atoms with van der Waals surface area (Å²) < 4.78 is 6.15. The van der Waals surface area contributed by atoms with Crippen LogP contribution in [0.15, 0.2) is 78.6 Å². The Morgan fingerprint density at radius 2 is 1.74 bits per heavy atom. The summed E-state index contributed by atoms with van der Waals surface area (Å²) in [7, 11) is 0. The second kappa shape index (κ2) is 14.1. The highest BCUT2D eigenvalue weighted by Gasteiger charge is 2.66. The van der Waals surface area contributed by atoms with Crippen LogP contribution in [0, 0.1) is 26.4 Å². The summed E-state index contributed by atoms with van der Waals surface area (Å²) in [4.78, 5) is 41.8. The first-order chi connectivity index (χ1) is 22.1. The normalized spacial score (nSPS) is 24.9. The SMILES string of the molecule is C/C(=C\c1ccc(Cc2cccnc2)cc1)COCC(C)(C)CC1(C(=O)O)C(C)NC(C)C(C)(C(=O)O)C1c1cccc([N+](=O)[O-])c1. The summed E-state index contributed by atoms with van der Waals surface area (Å²) in [6.07, 6.45) is 6.53. The Bertz CT molecular complexity index is 1620. The summed E-state index contributed by atoms with van der Waals surface area (Å²) in [6, 6.07) is 16.7. The molecule has 3 aromatic rings. The number of rotatable bonds is 13. The molecule has 250 valence electrons. The Kier molecular flexibility index (Phi) is 10.7. The number of non-ortho nitro benzene ring substituents is 1. The van der Waals surface area contributed by atoms with Crippen LogP contribution in [-0.2, 0) is 20.7 Å². The first-order valence-corrected chi connectivity index (χ1v) is 15.8. The Morgan fingerprint density at radius 1 is 1.04 bits per heavy atom. The van der Waals surface area contributed by atoms with E-state index in [0.717, 1.165) is 23.1 Å². The molecule has 0 radical (unpaired) electrons. The number of piperidine rings is 1. The molecule has 1 fully saturated rings. The van der Waals surface area contributed by atoms with E-state index in [0.29, 0.717) is 12.2 Å². The molecule has 5 atom stereocenters. The van der Waals surface area contributed by atoms with Crippen molar-refractivity contribution in [2.24, 2.45) is 16.2 Å². The summed E-state index contributed by atoms with van der Waals surface area (Å²) >= 11 is 0. The molecule has 2 aromatic carbocycles. The average molecular weight is 644 g/mol. The summed E-state index contributed by atoms with van der Waals surface area (Å²) in [5, 5.41) is 36.5. The zero-order valence-electron chi connectivity index (χ0n) is 27.9. The smallest absolute Gasteiger partial charge is 0.311 e. The molecule has 10 nitrogen and oxygen atoms in total. The number of hydrogen-bond donors (Lipinski definition) is 3. The van der Waals surface area contributed by atoms with E-state index in [-0.39, 0.29) is 18.7 Å². The van der Waals surface area contributed by atoms with Crippen molar-refractivity contribution in [3.63, 3.8) is 0 Å². The minimum atomic E-state index is -1.63. The van der Waals surface area contributed by atoms with Crippen molar-refractivity contribution in [1.29, 1.82) is 0 Å². The van der Waals surface area contributed by atoms with Gasteiger partial charge in [-0.1, -0.05) is 62.4 Å². The number of nitrogens with one attached hydrogen (secondary N) is 1. The maximum Gasteiger partial charge on any atom is 0.311 e. The minimum Gasteiger partial charge on any atom is -0.481 e. The summed E-state index contributed by atoms with van der Waals surface area (Å²) in [5.74, 6) is -3.42. The molecule has 1 aromatic heterocycles. The van der Waals surface area contributed by atoms with Crippen LogP contribution < -0.4 is 5.32 Å². The van der Waals surface area contributed by atoms with Crippen LogP contribution in [0.4, 0.5) is 5.69 Å². The van der Waals surface area contributed by atoms with E-state index in [2.05, 4.69) is 34.6 Å². The Balaban J connectivity index is 1.55. The minimum absolute atomic E-state index is 0.0631. The number of aliphatic carboxylic acids is 2. The Hall–Kier alpha value is -4.41. The van der Waals surface area contributed by atoms with E-state index in [1.54, 1.807) is 26.1 Å². The van der Waals surface area contributed by atoms with Crippen molar-refractivity contribution in [2.75, 3.05) is 13.2 Å². The maximum absolute atomic E-state index is 13.5. The van der Waals surface area contributed by atoms with Gasteiger partial charge in [-0.25, -0.2) is 0 Å². The predicted molar refractivity (Wildman–Crippen MR) is 180 cm³/mol. The number of carboxylic acid groups (broad SMARTS) is 2. The van der Waals surface area contributed by atoms with E-state index < -0.39 is 51.1 Å². The van der Waals surface area contributed by atoms with Gasteiger partial charge in [-0.15, -0.1) is 0 Å². The van der Waals surface area contributed by atoms with E-state index in [9.17, 15) is 29.9 Å². The molecule has 1 saturated heterocycles. The fraction of sp³-hybridized carbons (Fsp3) is 0.432. The highest BCUT2D eigenvalue weighted by atomic mass is 16.6. The molecule has 0 amide bonds. The molecule has 0 bridgehead atoms. The fourth-order valence-corrected chi connectivity index (χ4v) is 7.27. The maximum atomic E-state index is 13.5. The third-order valence-electron chi connectivity index (χ3n) is 9.68. The van der Waals surface area contributed by atoms with Crippen molar-refractivity contribution in [2.45, 2.75) is 72.4 Å². The second-order valence-corrected chi connectivity index (χ2v) is 13.9. The average Bonchev–Trinajstić information content (AvgIpc) is 3.01. The molecule has 1 aliphatic rings. The van der Waals surface area contributed by atoms with Crippen LogP contribution >= 0.6 is 0 Å². The molecule has 0 spiro atoms. The van der Waals surface area contributed by atoms with Crippen molar-refractivity contribution >= 4 is 23.7 Å². The lowest BCUT2D eigenvalue weighted by Gasteiger charge is -2.57. The standard InChI is InChI=1S/C37H45N3O7/c1-24(17-27-12-14-28(15-13-27)18-29-9-8-16-38-20-29)21-47-23-35(4,5)22-37(34(43)44)26(3)39-25(2)36(6,33(41)42)32(37)30-10-7-11-31(19-30)40(45)46/h7-17,19-20,25-26,32,39H,18,21-23H2,1-6H3,(H,41,42)(H,43,44)/b24-17+. The van der Waals surface area contributed by atoms with Crippen molar-refractivity contribution in [3.8, 4) is 0 Å². The van der Waals surface area contributed by atoms with Crippen LogP contribution in [0.25, 0.3) is 6.08 Å². The number of ether oxygens (including phenoxy) is 1. The van der Waals surface area contributed by atoms with Crippen molar-refractivity contribution < 1.29 is 29.5 Å². The largest absolute Gasteiger partial charge is 0.481 e. The predicted octanol–water partition coefficient (Wildman–Crippen LogP) is 6.74. The first kappa shape index (κ1) is 35.4. The van der Waals surface area contributed by atoms with Crippen molar-refractivity contribution in [1.82, 2.24) is 10.3 Å². The zero-order chi connectivity index (χ0) is 34.6. The summed E-state index contributed by atoms with van der Waals surface area (Å²) in [6.45, 7) is 11.3. The number of carboxylic acids is 2. The van der Waals surface area contributed by atoms with Crippen molar-refractivity contribution in [3.05, 3.63) is 111 Å². The van der Waals surface area contributed by atoms with Gasteiger partial charge in [-0.3, -0.25) is 24.7 Å². The Labute approximate surface area is 276 Å². The van der Waals surface area contributed by atoms with Crippen LogP contribution in [0.3, 0.4) is 0 Å². The molecule has 10 heteroatoms. The number of nitro benzene ring substituents is 1. The zero-order valence-corrected chi connectivity index (χ0v) is 27.9. The number of aromatic nitrogens is 1. The molecule has 4 rings (SSSR count). The van der Waals surface area contributed by atoms with Gasteiger partial charge in [0.15, 0.2) is 0 Å². The fourth-order valence-electron chi connectivity index (χ4n) is 7.27. The number of pyridine rings is 1. The number of hydrogen-bond acceptors (Lipinski definition) is 7. The second-order valence-electron chi connectivity index (χ2n) is 13.9. The van der Waals surface area contributed by atoms with Gasteiger partial charge in [0.1, 0.15) is 0 Å². The van der Waals surface area contributed by atoms with Gasteiger partial charge in [-0.05, 0) is 79.8 Å². The third kappa shape index (κ3) is 7.60. The highest BCUT2D eigenvalue weighted by Crippen LogP contribution is 2.59.